The maximum atomic E-state index is 12.8. The van der Waals surface area contributed by atoms with Gasteiger partial charge in [0, 0.05) is 40.1 Å². The summed E-state index contributed by atoms with van der Waals surface area (Å²) in [5, 5.41) is 9.63. The maximum absolute atomic E-state index is 12.8. The van der Waals surface area contributed by atoms with Gasteiger partial charge < -0.3 is 20.9 Å². The number of aromatic nitrogens is 2. The Hall–Kier alpha value is -4.27. The molecule has 38 heavy (non-hydrogen) atoms. The van der Waals surface area contributed by atoms with Crippen LogP contribution in [0.15, 0.2) is 79.0 Å². The third-order valence-corrected chi connectivity index (χ3v) is 6.63. The van der Waals surface area contributed by atoms with Gasteiger partial charge >= 0.3 is 0 Å². The number of hydrogen-bond donors (Lipinski definition) is 3. The molecule has 0 saturated carbocycles. The Morgan fingerprint density at radius 2 is 1.84 bits per heavy atom. The van der Waals surface area contributed by atoms with E-state index in [-0.39, 0.29) is 24.3 Å². The van der Waals surface area contributed by atoms with Crippen molar-refractivity contribution in [3.63, 3.8) is 0 Å². The van der Waals surface area contributed by atoms with Crippen molar-refractivity contribution in [2.45, 2.75) is 12.5 Å². The molecule has 0 saturated heterocycles. The summed E-state index contributed by atoms with van der Waals surface area (Å²) in [5.41, 5.74) is 5.22. The zero-order valence-corrected chi connectivity index (χ0v) is 21.8. The highest BCUT2D eigenvalue weighted by atomic mass is 35.5. The first-order valence-corrected chi connectivity index (χ1v) is 12.6. The molecule has 4 aromatic rings. The van der Waals surface area contributed by atoms with E-state index >= 15 is 0 Å². The Bertz CT molecular complexity index is 1470. The number of likely N-dealkylation sites (N-methyl/N-ethyl adjacent to an activating group) is 1. The first kappa shape index (κ1) is 25.4. The van der Waals surface area contributed by atoms with Gasteiger partial charge in [0.25, 0.3) is 5.91 Å². The number of benzene rings is 3. The van der Waals surface area contributed by atoms with Crippen LogP contribution in [0.25, 0.3) is 11.3 Å². The minimum Gasteiger partial charge on any atom is -0.350 e. The van der Waals surface area contributed by atoms with Crippen LogP contribution in [0.5, 0.6) is 0 Å². The van der Waals surface area contributed by atoms with Crippen LogP contribution in [-0.2, 0) is 11.2 Å². The van der Waals surface area contributed by atoms with Gasteiger partial charge in [-0.2, -0.15) is 0 Å². The van der Waals surface area contributed by atoms with E-state index in [0.29, 0.717) is 34.5 Å². The second kappa shape index (κ2) is 11.0. The number of hydrogen-bond acceptors (Lipinski definition) is 6. The van der Waals surface area contributed by atoms with E-state index in [4.69, 9.17) is 11.6 Å². The van der Waals surface area contributed by atoms with Crippen molar-refractivity contribution >= 4 is 40.7 Å². The van der Waals surface area contributed by atoms with Crippen LogP contribution in [0, 0.1) is 0 Å². The number of fused-ring (bicyclic) bond motifs is 3. The third kappa shape index (κ3) is 5.66. The van der Waals surface area contributed by atoms with Crippen LogP contribution in [0.3, 0.4) is 0 Å². The number of halogens is 1. The molecule has 1 aliphatic rings. The first-order chi connectivity index (χ1) is 18.4. The number of nitrogens with zero attached hydrogens (tertiary/aromatic N) is 3. The molecule has 0 bridgehead atoms. The van der Waals surface area contributed by atoms with Gasteiger partial charge in [-0.3, -0.25) is 9.59 Å². The number of carbonyl (C=O) groups excluding carboxylic acids is 2. The van der Waals surface area contributed by atoms with E-state index in [1.54, 1.807) is 30.5 Å². The van der Waals surface area contributed by atoms with Crippen LogP contribution in [0.4, 0.5) is 17.3 Å². The number of carbonyl (C=O) groups is 2. The average molecular weight is 527 g/mol. The van der Waals surface area contributed by atoms with Gasteiger partial charge in [0.05, 0.1) is 23.8 Å². The van der Waals surface area contributed by atoms with Gasteiger partial charge in [0.1, 0.15) is 0 Å². The van der Waals surface area contributed by atoms with Gasteiger partial charge in [-0.05, 0) is 62.1 Å². The largest absolute Gasteiger partial charge is 0.350 e. The summed E-state index contributed by atoms with van der Waals surface area (Å²) < 4.78 is 0. The van der Waals surface area contributed by atoms with Crippen LogP contribution >= 0.6 is 11.6 Å². The lowest BCUT2D eigenvalue weighted by molar-refractivity contribution is -0.115. The van der Waals surface area contributed by atoms with Crippen LogP contribution < -0.4 is 16.0 Å². The molecule has 0 radical (unpaired) electrons. The summed E-state index contributed by atoms with van der Waals surface area (Å²) in [6, 6.07) is 22.6. The standard InChI is InChI=1S/C29H27ClN6O2/c1-36(2)25(18-6-4-3-5-7-18)17-31-28(38)19-8-11-22(12-9-19)33-29-32-16-20-14-26(37)34-24-15-21(30)10-13-23(24)27(20)35-29/h3-13,15-16,25H,14,17H2,1-2H3,(H,31,38)(H,34,37)(H,32,33,35). The fourth-order valence-electron chi connectivity index (χ4n) is 4.42. The maximum Gasteiger partial charge on any atom is 0.251 e. The molecular formula is C29H27ClN6O2. The third-order valence-electron chi connectivity index (χ3n) is 6.39. The Morgan fingerprint density at radius 3 is 2.58 bits per heavy atom. The number of rotatable bonds is 7. The van der Waals surface area contributed by atoms with Crippen molar-refractivity contribution in [2.75, 3.05) is 31.3 Å². The van der Waals surface area contributed by atoms with Crippen molar-refractivity contribution in [1.29, 1.82) is 0 Å². The van der Waals surface area contributed by atoms with Gasteiger partial charge in [0.15, 0.2) is 0 Å². The lowest BCUT2D eigenvalue weighted by atomic mass is 10.1. The number of amides is 2. The fraction of sp³-hybridized carbons (Fsp3) is 0.172. The minimum absolute atomic E-state index is 0.0677. The summed E-state index contributed by atoms with van der Waals surface area (Å²) in [6.45, 7) is 0.489. The molecule has 1 aliphatic heterocycles. The molecule has 0 aliphatic carbocycles. The molecule has 9 heteroatoms. The number of nitrogens with one attached hydrogen (secondary N) is 3. The zero-order valence-electron chi connectivity index (χ0n) is 21.0. The van der Waals surface area contributed by atoms with E-state index in [2.05, 4.69) is 43.0 Å². The molecular weight excluding hydrogens is 500 g/mol. The van der Waals surface area contributed by atoms with Crippen molar-refractivity contribution < 1.29 is 9.59 Å². The normalized spacial score (nSPS) is 13.1. The Morgan fingerprint density at radius 1 is 1.08 bits per heavy atom. The van der Waals surface area contributed by atoms with Crippen LogP contribution in [0.2, 0.25) is 5.02 Å². The predicted octanol–water partition coefficient (Wildman–Crippen LogP) is 5.07. The van der Waals surface area contributed by atoms with E-state index < -0.39 is 0 Å². The monoisotopic (exact) mass is 526 g/mol. The second-order valence-corrected chi connectivity index (χ2v) is 9.72. The molecule has 3 N–H and O–H groups in total. The highest BCUT2D eigenvalue weighted by Crippen LogP contribution is 2.34. The highest BCUT2D eigenvalue weighted by Gasteiger charge is 2.21. The van der Waals surface area contributed by atoms with E-state index in [9.17, 15) is 9.59 Å². The average Bonchev–Trinajstić information content (AvgIpc) is 3.04. The molecule has 192 valence electrons. The molecule has 2 heterocycles. The molecule has 5 rings (SSSR count). The van der Waals surface area contributed by atoms with Gasteiger partial charge in [-0.1, -0.05) is 41.9 Å². The summed E-state index contributed by atoms with van der Waals surface area (Å²) >= 11 is 6.13. The molecule has 8 nitrogen and oxygen atoms in total. The lowest BCUT2D eigenvalue weighted by Crippen LogP contribution is -2.34. The van der Waals surface area contributed by atoms with Crippen LogP contribution in [-0.4, -0.2) is 47.3 Å². The van der Waals surface area contributed by atoms with Crippen molar-refractivity contribution in [2.24, 2.45) is 0 Å². The predicted molar refractivity (Wildman–Crippen MR) is 150 cm³/mol. The van der Waals surface area contributed by atoms with Crippen molar-refractivity contribution in [1.82, 2.24) is 20.2 Å². The van der Waals surface area contributed by atoms with E-state index in [1.165, 1.54) is 0 Å². The summed E-state index contributed by atoms with van der Waals surface area (Å²) in [7, 11) is 3.99. The molecule has 1 atom stereocenters. The molecule has 3 aromatic carbocycles. The molecule has 0 spiro atoms. The molecule has 1 aromatic heterocycles. The highest BCUT2D eigenvalue weighted by molar-refractivity contribution is 6.31. The second-order valence-electron chi connectivity index (χ2n) is 9.28. The zero-order chi connectivity index (χ0) is 26.6. The Balaban J connectivity index is 1.28. The Labute approximate surface area is 226 Å². The van der Waals surface area contributed by atoms with Gasteiger partial charge in [0.2, 0.25) is 11.9 Å². The minimum atomic E-state index is -0.147. The number of anilines is 3. The van der Waals surface area contributed by atoms with Gasteiger partial charge in [-0.25, -0.2) is 9.97 Å². The SMILES string of the molecule is CN(C)C(CNC(=O)c1ccc(Nc2ncc3c(n2)-c2ccc(Cl)cc2NC(=O)C3)cc1)c1ccccc1. The molecule has 0 fully saturated rings. The summed E-state index contributed by atoms with van der Waals surface area (Å²) in [5.74, 6) is 0.0899. The quantitative estimate of drug-likeness (QED) is 0.311. The molecule has 1 unspecified atom stereocenters. The van der Waals surface area contributed by atoms with Crippen LogP contribution in [0.1, 0.15) is 27.5 Å². The summed E-state index contributed by atoms with van der Waals surface area (Å²) in [6.07, 6.45) is 1.83. The molecule has 2 amide bonds. The first-order valence-electron chi connectivity index (χ1n) is 12.2. The van der Waals surface area contributed by atoms with Crippen molar-refractivity contribution in [3.05, 3.63) is 101 Å². The summed E-state index contributed by atoms with van der Waals surface area (Å²) in [4.78, 5) is 36.3. The van der Waals surface area contributed by atoms with Gasteiger partial charge in [-0.15, -0.1) is 0 Å². The van der Waals surface area contributed by atoms with E-state index in [0.717, 1.165) is 22.4 Å². The van der Waals surface area contributed by atoms with Crippen molar-refractivity contribution in [3.8, 4) is 11.3 Å². The Kier molecular flexibility index (Phi) is 7.35. The smallest absolute Gasteiger partial charge is 0.251 e. The topological polar surface area (TPSA) is 99.2 Å². The fourth-order valence-corrected chi connectivity index (χ4v) is 4.59. The lowest BCUT2D eigenvalue weighted by Gasteiger charge is -2.25. The van der Waals surface area contributed by atoms with E-state index in [1.807, 2.05) is 50.5 Å².